The molecular formula is C26H19N3O3S2. The molecular weight excluding hydrogens is 466 g/mol. The molecule has 0 radical (unpaired) electrons. The number of benzene rings is 2. The summed E-state index contributed by atoms with van der Waals surface area (Å²) >= 11 is 3.27. The molecule has 0 saturated carbocycles. The number of thiophene rings is 2. The fraction of sp³-hybridized carbons (Fsp3) is 0.0385. The van der Waals surface area contributed by atoms with E-state index < -0.39 is 0 Å². The number of amides is 1. The summed E-state index contributed by atoms with van der Waals surface area (Å²) in [6.07, 6.45) is 1.65. The first-order valence-electron chi connectivity index (χ1n) is 10.4. The fourth-order valence-electron chi connectivity index (χ4n) is 3.57. The highest BCUT2D eigenvalue weighted by Crippen LogP contribution is 2.41. The van der Waals surface area contributed by atoms with E-state index in [-0.39, 0.29) is 17.4 Å². The molecule has 168 valence electrons. The molecule has 2 aromatic carbocycles. The smallest absolute Gasteiger partial charge is 0.221 e. The molecule has 0 atom stereocenters. The predicted molar refractivity (Wildman–Crippen MR) is 137 cm³/mol. The topological polar surface area (TPSA) is 95.3 Å². The van der Waals surface area contributed by atoms with E-state index in [0.717, 1.165) is 20.2 Å². The van der Waals surface area contributed by atoms with Crippen LogP contribution in [-0.2, 0) is 4.79 Å². The second-order valence-corrected chi connectivity index (χ2v) is 9.58. The van der Waals surface area contributed by atoms with E-state index >= 15 is 0 Å². The molecule has 0 spiro atoms. The number of aromatic nitrogens is 2. The minimum Gasteiger partial charge on any atom is -0.508 e. The van der Waals surface area contributed by atoms with E-state index in [9.17, 15) is 15.0 Å². The Morgan fingerprint density at radius 3 is 2.38 bits per heavy atom. The van der Waals surface area contributed by atoms with Crippen LogP contribution in [0, 0.1) is 0 Å². The Morgan fingerprint density at radius 2 is 1.65 bits per heavy atom. The largest absolute Gasteiger partial charge is 0.508 e. The van der Waals surface area contributed by atoms with Crippen molar-refractivity contribution in [1.82, 2.24) is 9.97 Å². The first kappa shape index (κ1) is 21.8. The Hall–Kier alpha value is -4.01. The molecule has 5 aromatic rings. The number of anilines is 1. The Bertz CT molecular complexity index is 1480. The molecule has 34 heavy (non-hydrogen) atoms. The lowest BCUT2D eigenvalue weighted by Crippen LogP contribution is -2.07. The number of phenolic OH excluding ortho intramolecular Hbond substituents is 2. The van der Waals surface area contributed by atoms with Crippen LogP contribution in [0.25, 0.3) is 42.8 Å². The van der Waals surface area contributed by atoms with Gasteiger partial charge in [0.1, 0.15) is 17.2 Å². The third-order valence-electron chi connectivity index (χ3n) is 5.11. The lowest BCUT2D eigenvalue weighted by atomic mass is 10.0. The predicted octanol–water partition coefficient (Wildman–Crippen LogP) is 6.64. The minimum absolute atomic E-state index is 0.0601. The summed E-state index contributed by atoms with van der Waals surface area (Å²) in [7, 11) is 0. The van der Waals surface area contributed by atoms with E-state index in [1.165, 1.54) is 13.0 Å². The second kappa shape index (κ2) is 9.09. The SMILES string of the molecule is CC(=O)Nc1ccc(O)cc1-c1ncc(-c2ccc(O)cc2)nc1-c1ccc(-c2cccs2)s1. The molecule has 0 bridgehead atoms. The highest BCUT2D eigenvalue weighted by molar-refractivity contribution is 7.23. The Balaban J connectivity index is 1.70. The lowest BCUT2D eigenvalue weighted by Gasteiger charge is -2.14. The van der Waals surface area contributed by atoms with Gasteiger partial charge in [-0.1, -0.05) is 6.07 Å². The summed E-state index contributed by atoms with van der Waals surface area (Å²) in [6, 6.07) is 19.7. The van der Waals surface area contributed by atoms with E-state index in [4.69, 9.17) is 9.97 Å². The third-order valence-corrected chi connectivity index (χ3v) is 7.27. The maximum Gasteiger partial charge on any atom is 0.221 e. The van der Waals surface area contributed by atoms with Gasteiger partial charge in [-0.15, -0.1) is 22.7 Å². The molecule has 8 heteroatoms. The van der Waals surface area contributed by atoms with Crippen molar-refractivity contribution >= 4 is 34.3 Å². The van der Waals surface area contributed by atoms with Gasteiger partial charge in [-0.3, -0.25) is 9.78 Å². The van der Waals surface area contributed by atoms with Gasteiger partial charge in [0.05, 0.1) is 28.1 Å². The summed E-state index contributed by atoms with van der Waals surface area (Å²) < 4.78 is 0. The standard InChI is InChI=1S/C26H19N3O3S2/c1-15(30)28-20-9-8-18(32)13-19(20)25-26(24-11-10-23(34-24)22-3-2-12-33-22)29-21(14-27-25)16-4-6-17(31)7-5-16/h2-14,31-32H,1H3,(H,28,30). The van der Waals surface area contributed by atoms with Gasteiger partial charge >= 0.3 is 0 Å². The van der Waals surface area contributed by atoms with Gasteiger partial charge < -0.3 is 15.5 Å². The van der Waals surface area contributed by atoms with Crippen LogP contribution in [0.15, 0.2) is 78.3 Å². The Morgan fingerprint density at radius 1 is 0.882 bits per heavy atom. The molecule has 0 aliphatic carbocycles. The van der Waals surface area contributed by atoms with Crippen LogP contribution in [0.2, 0.25) is 0 Å². The summed E-state index contributed by atoms with van der Waals surface area (Å²) in [5, 5.41) is 24.7. The van der Waals surface area contributed by atoms with Crippen LogP contribution in [0.3, 0.4) is 0 Å². The summed E-state index contributed by atoms with van der Waals surface area (Å²) in [5.74, 6) is 0.00953. The maximum absolute atomic E-state index is 11.8. The molecule has 0 saturated heterocycles. The Kier molecular flexibility index (Phi) is 5.83. The van der Waals surface area contributed by atoms with Crippen molar-refractivity contribution in [3.8, 4) is 54.3 Å². The van der Waals surface area contributed by atoms with E-state index in [1.54, 1.807) is 65.3 Å². The van der Waals surface area contributed by atoms with Crippen molar-refractivity contribution in [2.24, 2.45) is 0 Å². The van der Waals surface area contributed by atoms with Crippen LogP contribution >= 0.6 is 22.7 Å². The molecule has 0 aliphatic rings. The number of nitrogens with zero attached hydrogens (tertiary/aromatic N) is 2. The number of nitrogens with one attached hydrogen (secondary N) is 1. The summed E-state index contributed by atoms with van der Waals surface area (Å²) in [6.45, 7) is 1.43. The highest BCUT2D eigenvalue weighted by atomic mass is 32.1. The molecule has 3 heterocycles. The third kappa shape index (κ3) is 4.41. The average molecular weight is 486 g/mol. The van der Waals surface area contributed by atoms with Gasteiger partial charge in [0.15, 0.2) is 0 Å². The summed E-state index contributed by atoms with van der Waals surface area (Å²) in [4.78, 5) is 24.7. The molecule has 1 amide bonds. The van der Waals surface area contributed by atoms with E-state index in [2.05, 4.69) is 17.4 Å². The molecule has 6 nitrogen and oxygen atoms in total. The normalized spacial score (nSPS) is 10.9. The molecule has 3 N–H and O–H groups in total. The number of hydrogen-bond donors (Lipinski definition) is 3. The number of rotatable bonds is 5. The van der Waals surface area contributed by atoms with Gasteiger partial charge in [-0.25, -0.2) is 4.98 Å². The van der Waals surface area contributed by atoms with Crippen LogP contribution in [0.5, 0.6) is 11.5 Å². The molecule has 3 aromatic heterocycles. The number of carbonyl (C=O) groups is 1. The van der Waals surface area contributed by atoms with Gasteiger partial charge in [0.2, 0.25) is 5.91 Å². The van der Waals surface area contributed by atoms with E-state index in [0.29, 0.717) is 28.3 Å². The minimum atomic E-state index is -0.224. The zero-order valence-electron chi connectivity index (χ0n) is 18.0. The fourth-order valence-corrected chi connectivity index (χ4v) is 5.40. The highest BCUT2D eigenvalue weighted by Gasteiger charge is 2.19. The number of aromatic hydroxyl groups is 2. The van der Waals surface area contributed by atoms with Crippen LogP contribution in [0.4, 0.5) is 5.69 Å². The van der Waals surface area contributed by atoms with Gasteiger partial charge in [0.25, 0.3) is 0 Å². The molecule has 0 fully saturated rings. The van der Waals surface area contributed by atoms with Crippen LogP contribution in [-0.4, -0.2) is 26.1 Å². The number of carbonyl (C=O) groups excluding carboxylic acids is 1. The van der Waals surface area contributed by atoms with Crippen molar-refractivity contribution in [3.05, 3.63) is 78.3 Å². The molecule has 5 rings (SSSR count). The van der Waals surface area contributed by atoms with Crippen LogP contribution < -0.4 is 5.32 Å². The quantitative estimate of drug-likeness (QED) is 0.243. The van der Waals surface area contributed by atoms with Gasteiger partial charge in [-0.05, 0) is 66.0 Å². The summed E-state index contributed by atoms with van der Waals surface area (Å²) in [5.41, 5.74) is 3.74. The van der Waals surface area contributed by atoms with Crippen molar-refractivity contribution in [2.45, 2.75) is 6.92 Å². The first-order valence-corrected chi connectivity index (χ1v) is 12.1. The van der Waals surface area contributed by atoms with Crippen molar-refractivity contribution in [2.75, 3.05) is 5.32 Å². The van der Waals surface area contributed by atoms with Crippen molar-refractivity contribution in [1.29, 1.82) is 0 Å². The number of hydrogen-bond acceptors (Lipinski definition) is 7. The molecule has 0 unspecified atom stereocenters. The molecule has 0 aliphatic heterocycles. The zero-order chi connectivity index (χ0) is 23.7. The van der Waals surface area contributed by atoms with Crippen LogP contribution in [0.1, 0.15) is 6.92 Å². The Labute approximate surface area is 203 Å². The van der Waals surface area contributed by atoms with Crippen molar-refractivity contribution in [3.63, 3.8) is 0 Å². The average Bonchev–Trinajstić information content (AvgIpc) is 3.52. The van der Waals surface area contributed by atoms with E-state index in [1.807, 2.05) is 17.5 Å². The zero-order valence-corrected chi connectivity index (χ0v) is 19.7. The van der Waals surface area contributed by atoms with Gasteiger partial charge in [0, 0.05) is 27.8 Å². The second-order valence-electron chi connectivity index (χ2n) is 7.55. The lowest BCUT2D eigenvalue weighted by molar-refractivity contribution is -0.114. The monoisotopic (exact) mass is 485 g/mol. The van der Waals surface area contributed by atoms with Crippen molar-refractivity contribution < 1.29 is 15.0 Å². The maximum atomic E-state index is 11.8. The first-order chi connectivity index (χ1) is 16.5. The number of phenols is 2. The van der Waals surface area contributed by atoms with Gasteiger partial charge in [-0.2, -0.15) is 0 Å².